The van der Waals surface area contributed by atoms with E-state index in [1.807, 2.05) is 0 Å². The van der Waals surface area contributed by atoms with Crippen molar-refractivity contribution in [2.75, 3.05) is 26.3 Å². The van der Waals surface area contributed by atoms with Crippen LogP contribution in [0.15, 0.2) is 48.5 Å². The van der Waals surface area contributed by atoms with E-state index >= 15 is 0 Å². The quantitative estimate of drug-likeness (QED) is 0.0562. The topological polar surface area (TPSA) is 245 Å². The highest BCUT2D eigenvalue weighted by Gasteiger charge is 2.16. The van der Waals surface area contributed by atoms with Crippen LogP contribution >= 0.6 is 11.6 Å². The van der Waals surface area contributed by atoms with Gasteiger partial charge < -0.3 is 39.4 Å². The molecule has 3 N–H and O–H groups in total. The van der Waals surface area contributed by atoms with Gasteiger partial charge in [0.1, 0.15) is 29.3 Å². The summed E-state index contributed by atoms with van der Waals surface area (Å²) in [5.41, 5.74) is -2.25. The molecule has 2 aromatic rings. The number of carbonyl (C=O) groups is 4. The second-order valence-electron chi connectivity index (χ2n) is 10.6. The van der Waals surface area contributed by atoms with Gasteiger partial charge in [0, 0.05) is 42.4 Å². The van der Waals surface area contributed by atoms with Gasteiger partial charge in [-0.2, -0.15) is 0 Å². The highest BCUT2D eigenvalue weighted by molar-refractivity contribution is 6.61. The first-order chi connectivity index (χ1) is 21.7. The zero-order chi connectivity index (χ0) is 36.2. The predicted octanol–water partition coefficient (Wildman–Crippen LogP) is 5.47. The number of hydrogen-bond acceptors (Lipinski definition) is 14. The lowest BCUT2D eigenvalue weighted by molar-refractivity contribution is -0.385. The third-order valence-electron chi connectivity index (χ3n) is 4.26. The van der Waals surface area contributed by atoms with Gasteiger partial charge in [0.05, 0.1) is 23.0 Å². The molecule has 47 heavy (non-hydrogen) atoms. The van der Waals surface area contributed by atoms with Crippen molar-refractivity contribution in [3.63, 3.8) is 0 Å². The van der Waals surface area contributed by atoms with Crippen LogP contribution in [0.2, 0.25) is 0 Å². The van der Waals surface area contributed by atoms with Crippen LogP contribution < -0.4 is 20.1 Å². The molecule has 0 spiro atoms. The molecule has 0 unspecified atom stereocenters. The van der Waals surface area contributed by atoms with E-state index in [4.69, 9.17) is 35.7 Å². The molecule has 0 saturated carbocycles. The molecular formula is C28H37ClN4O14. The van der Waals surface area contributed by atoms with Crippen molar-refractivity contribution in [3.05, 3.63) is 68.8 Å². The normalized spacial score (nSPS) is 10.3. The number of carbonyl (C=O) groups excluding carboxylic acids is 4. The van der Waals surface area contributed by atoms with Gasteiger partial charge >= 0.3 is 23.8 Å². The Morgan fingerprint density at radius 3 is 1.45 bits per heavy atom. The van der Waals surface area contributed by atoms with E-state index in [0.717, 1.165) is 0 Å². The summed E-state index contributed by atoms with van der Waals surface area (Å²) >= 11 is 4.92. The molecule has 0 aliphatic rings. The number of nitrogens with one attached hydrogen (secondary N) is 2. The van der Waals surface area contributed by atoms with Gasteiger partial charge in [-0.15, -0.1) is 0 Å². The number of aliphatic hydroxyl groups excluding tert-OH is 1. The number of rotatable bonds is 9. The molecular weight excluding hydrogens is 652 g/mol. The number of halogens is 1. The van der Waals surface area contributed by atoms with Crippen LogP contribution in [0.3, 0.4) is 0 Å². The van der Waals surface area contributed by atoms with Crippen molar-refractivity contribution in [2.45, 2.75) is 52.7 Å². The molecule has 2 amide bonds. The standard InChI is InChI=1S/C14H18N2O7.C7H4ClNO4.C7H15NO3/c1-14(2,3)23-12(17)15-8-9-21-13(18)22-11-6-4-10(5-7-11)16(19)20;8-7(10)13-6-3-1-5(2-4-6)9(11)12;1-7(2,3)11-6(10)8-4-5-9/h4-7H,8-9H2,1-3H3,(H,15,17);1-4H;9H,4-5H2,1-3H3,(H,8,10). The maximum absolute atomic E-state index is 11.4. The molecule has 0 aromatic heterocycles. The maximum atomic E-state index is 11.4. The third-order valence-corrected chi connectivity index (χ3v) is 4.34. The molecule has 2 aromatic carbocycles. The summed E-state index contributed by atoms with van der Waals surface area (Å²) in [5, 5.41) is 33.8. The Bertz CT molecular complexity index is 1320. The molecule has 0 bridgehead atoms. The SMILES string of the molecule is CC(C)(C)OC(=O)NCCO.CC(C)(C)OC(=O)NCCOC(=O)Oc1ccc([N+](=O)[O-])cc1.O=C(Cl)Oc1ccc([N+](=O)[O-])cc1. The minimum atomic E-state index is -0.982. The Hall–Kier alpha value is -5.23. The van der Waals surface area contributed by atoms with E-state index in [1.54, 1.807) is 41.5 Å². The number of nitro benzene ring substituents is 2. The van der Waals surface area contributed by atoms with Gasteiger partial charge in [0.15, 0.2) is 0 Å². The number of hydrogen-bond donors (Lipinski definition) is 3. The van der Waals surface area contributed by atoms with E-state index < -0.39 is 44.8 Å². The number of aliphatic hydroxyl groups is 1. The second-order valence-corrected chi connectivity index (χ2v) is 10.9. The Balaban J connectivity index is 0.000000744. The van der Waals surface area contributed by atoms with E-state index in [9.17, 15) is 39.4 Å². The van der Waals surface area contributed by atoms with Gasteiger partial charge in [-0.25, -0.2) is 19.2 Å². The van der Waals surface area contributed by atoms with Crippen molar-refractivity contribution in [2.24, 2.45) is 0 Å². The summed E-state index contributed by atoms with van der Waals surface area (Å²) < 4.78 is 23.9. The van der Waals surface area contributed by atoms with Crippen LogP contribution in [0, 0.1) is 20.2 Å². The van der Waals surface area contributed by atoms with Crippen molar-refractivity contribution in [1.29, 1.82) is 0 Å². The lowest BCUT2D eigenvalue weighted by Gasteiger charge is -2.19. The van der Waals surface area contributed by atoms with E-state index in [-0.39, 0.29) is 49.2 Å². The summed E-state index contributed by atoms with van der Waals surface area (Å²) in [6, 6.07) is 9.97. The van der Waals surface area contributed by atoms with Crippen molar-refractivity contribution < 1.29 is 57.8 Å². The molecule has 0 aliphatic heterocycles. The number of amides is 2. The molecule has 0 fully saturated rings. The fourth-order valence-electron chi connectivity index (χ4n) is 2.56. The van der Waals surface area contributed by atoms with Crippen molar-refractivity contribution in [3.8, 4) is 11.5 Å². The third kappa shape index (κ3) is 22.9. The molecule has 0 heterocycles. The van der Waals surface area contributed by atoms with Crippen LogP contribution in [-0.2, 0) is 14.2 Å². The molecule has 19 heteroatoms. The van der Waals surface area contributed by atoms with Gasteiger partial charge in [0.25, 0.3) is 11.4 Å². The summed E-state index contributed by atoms with van der Waals surface area (Å²) in [6.45, 7) is 10.6. The zero-order valence-electron chi connectivity index (χ0n) is 26.5. The molecule has 0 aliphatic carbocycles. The van der Waals surface area contributed by atoms with E-state index in [1.165, 1.54) is 48.5 Å². The Kier molecular flexibility index (Phi) is 18.4. The van der Waals surface area contributed by atoms with Crippen molar-refractivity contribution in [1.82, 2.24) is 10.6 Å². The van der Waals surface area contributed by atoms with Gasteiger partial charge in [-0.1, -0.05) is 0 Å². The molecule has 0 saturated heterocycles. The molecule has 260 valence electrons. The lowest BCUT2D eigenvalue weighted by atomic mass is 10.2. The fraction of sp³-hybridized carbons (Fsp3) is 0.429. The highest BCUT2D eigenvalue weighted by Crippen LogP contribution is 2.18. The summed E-state index contributed by atoms with van der Waals surface area (Å²) in [5.74, 6) is 0.284. The minimum absolute atomic E-state index is 0.0598. The fourth-order valence-corrected chi connectivity index (χ4v) is 2.65. The number of benzene rings is 2. The molecule has 0 radical (unpaired) electrons. The van der Waals surface area contributed by atoms with E-state index in [2.05, 4.69) is 15.4 Å². The first-order valence-corrected chi connectivity index (χ1v) is 13.9. The molecule has 0 atom stereocenters. The first kappa shape index (κ1) is 41.8. The Labute approximate surface area is 274 Å². The summed E-state index contributed by atoms with van der Waals surface area (Å²) in [6.07, 6.45) is -2.10. The van der Waals surface area contributed by atoms with Crippen LogP contribution in [-0.4, -0.2) is 76.2 Å². The maximum Gasteiger partial charge on any atom is 0.513 e. The largest absolute Gasteiger partial charge is 0.513 e. The Morgan fingerprint density at radius 2 is 1.11 bits per heavy atom. The van der Waals surface area contributed by atoms with Crippen LogP contribution in [0.4, 0.5) is 30.6 Å². The number of nitrogens with zero attached hydrogens (tertiary/aromatic N) is 2. The summed E-state index contributed by atoms with van der Waals surface area (Å²) in [4.78, 5) is 63.3. The minimum Gasteiger partial charge on any atom is -0.444 e. The zero-order valence-corrected chi connectivity index (χ0v) is 27.2. The van der Waals surface area contributed by atoms with Crippen LogP contribution in [0.1, 0.15) is 41.5 Å². The lowest BCUT2D eigenvalue weighted by Crippen LogP contribution is -2.34. The summed E-state index contributed by atoms with van der Waals surface area (Å²) in [7, 11) is 0. The first-order valence-electron chi connectivity index (χ1n) is 13.5. The highest BCUT2D eigenvalue weighted by atomic mass is 35.5. The smallest absolute Gasteiger partial charge is 0.444 e. The second kappa shape index (κ2) is 20.7. The van der Waals surface area contributed by atoms with Crippen LogP contribution in [0.25, 0.3) is 0 Å². The predicted molar refractivity (Wildman–Crippen MR) is 166 cm³/mol. The van der Waals surface area contributed by atoms with E-state index in [0.29, 0.717) is 0 Å². The number of ether oxygens (including phenoxy) is 5. The number of alkyl carbamates (subject to hydrolysis) is 2. The van der Waals surface area contributed by atoms with Gasteiger partial charge in [-0.3, -0.25) is 20.2 Å². The van der Waals surface area contributed by atoms with Crippen LogP contribution in [0.5, 0.6) is 11.5 Å². The van der Waals surface area contributed by atoms with Crippen molar-refractivity contribution >= 4 is 46.7 Å². The number of non-ortho nitro benzene ring substituents is 2. The number of nitro groups is 2. The monoisotopic (exact) mass is 688 g/mol. The Morgan fingerprint density at radius 1 is 0.723 bits per heavy atom. The average Bonchev–Trinajstić information content (AvgIpc) is 2.93. The van der Waals surface area contributed by atoms with Gasteiger partial charge in [-0.05, 0) is 65.8 Å². The molecule has 18 nitrogen and oxygen atoms in total. The van der Waals surface area contributed by atoms with Gasteiger partial charge in [0.2, 0.25) is 0 Å². The average molecular weight is 689 g/mol. The molecule has 2 rings (SSSR count).